The van der Waals surface area contributed by atoms with Gasteiger partial charge >= 0.3 is 0 Å². The Bertz CT molecular complexity index is 854. The number of morpholine rings is 1. The van der Waals surface area contributed by atoms with Crippen LogP contribution in [0.1, 0.15) is 24.0 Å². The average molecular weight is 366 g/mol. The lowest BCUT2D eigenvalue weighted by Crippen LogP contribution is -2.37. The smallest absolute Gasteiger partial charge is 0.249 e. The highest BCUT2D eigenvalue weighted by Crippen LogP contribution is 2.33. The van der Waals surface area contributed by atoms with Gasteiger partial charge in [-0.25, -0.2) is 9.67 Å². The molecule has 27 heavy (non-hydrogen) atoms. The minimum Gasteiger partial charge on any atom is -0.378 e. The van der Waals surface area contributed by atoms with E-state index in [2.05, 4.69) is 41.4 Å². The first-order chi connectivity index (χ1) is 13.3. The molecule has 142 valence electrons. The first-order valence-electron chi connectivity index (χ1n) is 9.92. The van der Waals surface area contributed by atoms with Crippen molar-refractivity contribution in [1.29, 1.82) is 0 Å². The number of anilines is 1. The van der Waals surface area contributed by atoms with Gasteiger partial charge in [-0.1, -0.05) is 24.3 Å². The maximum atomic E-state index is 5.43. The molecule has 0 spiro atoms. The Labute approximate surface area is 159 Å². The Morgan fingerprint density at radius 1 is 1.19 bits per heavy atom. The molecule has 3 aliphatic rings. The standard InChI is InChI=1S/C20H26N6O/c1-14-4-2-3-5-15(14)12-21-17-7-6-16-13-26-19(22-18(16)17)23-20(24-26)25-8-10-27-11-9-25/h2-5,16-17,21H,6-13H2,1H3. The van der Waals surface area contributed by atoms with Crippen LogP contribution in [0.3, 0.4) is 0 Å². The molecular formula is C20H26N6O. The molecule has 7 nitrogen and oxygen atoms in total. The molecule has 5 rings (SSSR count). The molecule has 2 aliphatic heterocycles. The summed E-state index contributed by atoms with van der Waals surface area (Å²) in [5.41, 5.74) is 3.95. The molecule has 1 saturated carbocycles. The van der Waals surface area contributed by atoms with E-state index in [1.165, 1.54) is 16.8 Å². The van der Waals surface area contributed by atoms with E-state index in [1.54, 1.807) is 0 Å². The number of hydrogen-bond donors (Lipinski definition) is 1. The molecule has 2 atom stereocenters. The molecule has 0 radical (unpaired) electrons. The molecule has 0 bridgehead atoms. The quantitative estimate of drug-likeness (QED) is 0.897. The van der Waals surface area contributed by atoms with Crippen LogP contribution in [0.15, 0.2) is 29.3 Å². The fourth-order valence-electron chi connectivity index (χ4n) is 4.30. The van der Waals surface area contributed by atoms with Crippen molar-refractivity contribution in [3.8, 4) is 0 Å². The summed E-state index contributed by atoms with van der Waals surface area (Å²) in [6, 6.07) is 8.90. The van der Waals surface area contributed by atoms with Gasteiger partial charge in [-0.3, -0.25) is 0 Å². The van der Waals surface area contributed by atoms with Crippen LogP contribution in [0.2, 0.25) is 0 Å². The van der Waals surface area contributed by atoms with Crippen molar-refractivity contribution < 1.29 is 4.74 Å². The second-order valence-electron chi connectivity index (χ2n) is 7.66. The molecule has 2 fully saturated rings. The zero-order valence-electron chi connectivity index (χ0n) is 15.8. The van der Waals surface area contributed by atoms with Gasteiger partial charge in [0.15, 0.2) is 0 Å². The lowest BCUT2D eigenvalue weighted by molar-refractivity contribution is 0.122. The molecule has 7 heteroatoms. The van der Waals surface area contributed by atoms with Gasteiger partial charge in [0.25, 0.3) is 0 Å². The van der Waals surface area contributed by atoms with Crippen molar-refractivity contribution in [1.82, 2.24) is 20.1 Å². The third-order valence-corrected chi connectivity index (χ3v) is 5.94. The summed E-state index contributed by atoms with van der Waals surface area (Å²) in [5, 5.41) is 8.44. The van der Waals surface area contributed by atoms with Crippen LogP contribution in [-0.2, 0) is 17.8 Å². The third kappa shape index (κ3) is 3.26. The SMILES string of the molecule is Cc1ccccc1CNC1CCC2Cn3nc(N4CCOCC4)nc3N=C21. The van der Waals surface area contributed by atoms with Gasteiger partial charge < -0.3 is 15.0 Å². The number of nitrogens with one attached hydrogen (secondary N) is 1. The number of nitrogens with zero attached hydrogens (tertiary/aromatic N) is 5. The first-order valence-corrected chi connectivity index (χ1v) is 9.92. The van der Waals surface area contributed by atoms with Crippen LogP contribution in [0, 0.1) is 12.8 Å². The van der Waals surface area contributed by atoms with E-state index < -0.39 is 0 Å². The Morgan fingerprint density at radius 2 is 2.04 bits per heavy atom. The Hall–Kier alpha value is -2.25. The van der Waals surface area contributed by atoms with E-state index >= 15 is 0 Å². The summed E-state index contributed by atoms with van der Waals surface area (Å²) in [5.74, 6) is 2.03. The van der Waals surface area contributed by atoms with Crippen molar-refractivity contribution in [3.05, 3.63) is 35.4 Å². The molecule has 1 aromatic heterocycles. The Kier molecular flexibility index (Phi) is 4.41. The van der Waals surface area contributed by atoms with Crippen LogP contribution in [0.25, 0.3) is 0 Å². The number of rotatable bonds is 4. The Morgan fingerprint density at radius 3 is 2.89 bits per heavy atom. The van der Waals surface area contributed by atoms with Crippen LogP contribution in [-0.4, -0.2) is 52.8 Å². The van der Waals surface area contributed by atoms with Gasteiger partial charge in [0.05, 0.1) is 19.8 Å². The number of hydrogen-bond acceptors (Lipinski definition) is 6. The van der Waals surface area contributed by atoms with E-state index in [1.807, 2.05) is 4.68 Å². The van der Waals surface area contributed by atoms with Crippen molar-refractivity contribution in [2.75, 3.05) is 31.2 Å². The van der Waals surface area contributed by atoms with Crippen molar-refractivity contribution in [3.63, 3.8) is 0 Å². The molecular weight excluding hydrogens is 340 g/mol. The minimum atomic E-state index is 0.340. The Balaban J connectivity index is 1.32. The highest BCUT2D eigenvalue weighted by atomic mass is 16.5. The third-order valence-electron chi connectivity index (χ3n) is 5.94. The van der Waals surface area contributed by atoms with E-state index in [4.69, 9.17) is 19.8 Å². The summed E-state index contributed by atoms with van der Waals surface area (Å²) >= 11 is 0. The van der Waals surface area contributed by atoms with Crippen LogP contribution < -0.4 is 10.2 Å². The molecule has 1 aromatic carbocycles. The molecule has 1 saturated heterocycles. The van der Waals surface area contributed by atoms with E-state index in [9.17, 15) is 0 Å². The molecule has 0 amide bonds. The topological polar surface area (TPSA) is 67.6 Å². The normalized spacial score (nSPS) is 24.5. The minimum absolute atomic E-state index is 0.340. The average Bonchev–Trinajstić information content (AvgIpc) is 3.29. The van der Waals surface area contributed by atoms with Crippen LogP contribution in [0.5, 0.6) is 0 Å². The van der Waals surface area contributed by atoms with E-state index in [-0.39, 0.29) is 0 Å². The monoisotopic (exact) mass is 366 g/mol. The summed E-state index contributed by atoms with van der Waals surface area (Å²) in [6.07, 6.45) is 2.30. The largest absolute Gasteiger partial charge is 0.378 e. The fourth-order valence-corrected chi connectivity index (χ4v) is 4.30. The van der Waals surface area contributed by atoms with Gasteiger partial charge in [0.2, 0.25) is 11.9 Å². The maximum absolute atomic E-state index is 5.43. The second-order valence-corrected chi connectivity index (χ2v) is 7.66. The summed E-state index contributed by atoms with van der Waals surface area (Å²) in [6.45, 7) is 7.14. The zero-order valence-corrected chi connectivity index (χ0v) is 15.8. The van der Waals surface area contributed by atoms with Crippen molar-refractivity contribution in [2.45, 2.75) is 38.9 Å². The van der Waals surface area contributed by atoms with Crippen molar-refractivity contribution >= 4 is 17.6 Å². The fraction of sp³-hybridized carbons (Fsp3) is 0.550. The van der Waals surface area contributed by atoms with Gasteiger partial charge in [-0.2, -0.15) is 4.98 Å². The van der Waals surface area contributed by atoms with Gasteiger partial charge in [-0.15, -0.1) is 5.10 Å². The maximum Gasteiger partial charge on any atom is 0.249 e. The van der Waals surface area contributed by atoms with E-state index in [0.717, 1.165) is 64.1 Å². The summed E-state index contributed by atoms with van der Waals surface area (Å²) in [4.78, 5) is 11.8. The number of fused-ring (bicyclic) bond motifs is 2. The highest BCUT2D eigenvalue weighted by Gasteiger charge is 2.36. The first kappa shape index (κ1) is 16.9. The molecule has 3 heterocycles. The predicted molar refractivity (Wildman–Crippen MR) is 105 cm³/mol. The summed E-state index contributed by atoms with van der Waals surface area (Å²) in [7, 11) is 0. The number of aromatic nitrogens is 3. The second kappa shape index (κ2) is 7.05. The highest BCUT2D eigenvalue weighted by molar-refractivity contribution is 5.95. The van der Waals surface area contributed by atoms with Gasteiger partial charge in [-0.05, 0) is 30.9 Å². The lowest BCUT2D eigenvalue weighted by atomic mass is 10.0. The number of aryl methyl sites for hydroxylation is 1. The molecule has 1 aliphatic carbocycles. The van der Waals surface area contributed by atoms with E-state index in [0.29, 0.717) is 12.0 Å². The van der Waals surface area contributed by atoms with Gasteiger partial charge in [0, 0.05) is 37.3 Å². The lowest BCUT2D eigenvalue weighted by Gasteiger charge is -2.25. The number of benzene rings is 1. The predicted octanol–water partition coefficient (Wildman–Crippen LogP) is 2.08. The van der Waals surface area contributed by atoms with Crippen molar-refractivity contribution in [2.24, 2.45) is 10.9 Å². The molecule has 1 N–H and O–H groups in total. The number of aliphatic imine (C=N–C) groups is 1. The van der Waals surface area contributed by atoms with Gasteiger partial charge in [0.1, 0.15) is 0 Å². The van der Waals surface area contributed by atoms with Crippen LogP contribution in [0.4, 0.5) is 11.9 Å². The zero-order chi connectivity index (χ0) is 18.2. The molecule has 2 unspecified atom stereocenters. The van der Waals surface area contributed by atoms with Crippen LogP contribution >= 0.6 is 0 Å². The summed E-state index contributed by atoms with van der Waals surface area (Å²) < 4.78 is 7.42. The molecule has 2 aromatic rings. The number of ether oxygens (including phenoxy) is 1.